The number of hydrogen-bond donors (Lipinski definition) is 1. The van der Waals surface area contributed by atoms with Crippen LogP contribution in [0.5, 0.6) is 0 Å². The summed E-state index contributed by atoms with van der Waals surface area (Å²) >= 11 is 0. The largest absolute Gasteiger partial charge is 0.392 e. The molecule has 1 rings (SSSR count). The minimum absolute atomic E-state index is 0.234. The molecule has 1 heterocycles. The molecule has 3 heteroatoms. The fourth-order valence-corrected chi connectivity index (χ4v) is 1.27. The number of nitrogens with zero attached hydrogens (tertiary/aromatic N) is 1. The van der Waals surface area contributed by atoms with Gasteiger partial charge in [0.05, 0.1) is 12.6 Å². The Balaban J connectivity index is 2.24. The van der Waals surface area contributed by atoms with Crippen LogP contribution in [0.2, 0.25) is 0 Å². The molecule has 10 heavy (non-hydrogen) atoms. The van der Waals surface area contributed by atoms with Gasteiger partial charge in [-0.15, -0.1) is 0 Å². The number of rotatable bonds is 2. The molecule has 1 radical (unpaired) electrons. The molecule has 0 aromatic rings. The molecule has 1 aliphatic heterocycles. The first-order valence-corrected chi connectivity index (χ1v) is 3.58. The number of likely N-dealkylation sites (tertiary alicyclic amines) is 1. The zero-order valence-corrected chi connectivity index (χ0v) is 5.92. The molecule has 1 fully saturated rings. The molecular formula is C7H12NO2. The van der Waals surface area contributed by atoms with Gasteiger partial charge in [0.2, 0.25) is 6.29 Å². The Morgan fingerprint density at radius 2 is 2.50 bits per heavy atom. The average molecular weight is 142 g/mol. The van der Waals surface area contributed by atoms with E-state index in [1.54, 1.807) is 0 Å². The van der Waals surface area contributed by atoms with Crippen molar-refractivity contribution in [3.05, 3.63) is 0 Å². The van der Waals surface area contributed by atoms with Crippen molar-refractivity contribution in [2.75, 3.05) is 19.6 Å². The van der Waals surface area contributed by atoms with E-state index in [2.05, 4.69) is 0 Å². The van der Waals surface area contributed by atoms with E-state index in [4.69, 9.17) is 5.11 Å². The molecule has 0 saturated carbocycles. The van der Waals surface area contributed by atoms with Crippen LogP contribution in [0.4, 0.5) is 0 Å². The van der Waals surface area contributed by atoms with Crippen molar-refractivity contribution in [2.45, 2.75) is 18.9 Å². The first-order valence-electron chi connectivity index (χ1n) is 3.58. The van der Waals surface area contributed by atoms with Crippen molar-refractivity contribution in [3.8, 4) is 0 Å². The quantitative estimate of drug-likeness (QED) is 0.568. The Hall–Kier alpha value is -0.410. The zero-order valence-electron chi connectivity index (χ0n) is 5.92. The van der Waals surface area contributed by atoms with Crippen LogP contribution in [0.1, 0.15) is 12.8 Å². The van der Waals surface area contributed by atoms with Gasteiger partial charge in [-0.2, -0.15) is 0 Å². The minimum atomic E-state index is -0.234. The van der Waals surface area contributed by atoms with E-state index in [-0.39, 0.29) is 6.10 Å². The molecule has 1 N–H and O–H groups in total. The molecule has 1 unspecified atom stereocenters. The molecule has 0 aromatic carbocycles. The molecule has 1 aliphatic rings. The van der Waals surface area contributed by atoms with Gasteiger partial charge in [-0.1, -0.05) is 0 Å². The Labute approximate surface area is 60.6 Å². The Morgan fingerprint density at radius 3 is 3.10 bits per heavy atom. The minimum Gasteiger partial charge on any atom is -0.392 e. The second kappa shape index (κ2) is 3.68. The first-order chi connectivity index (χ1) is 4.83. The Kier molecular flexibility index (Phi) is 2.83. The average Bonchev–Trinajstić information content (AvgIpc) is 1.88. The molecule has 57 valence electrons. The fourth-order valence-electron chi connectivity index (χ4n) is 1.27. The fraction of sp³-hybridized carbons (Fsp3) is 0.857. The van der Waals surface area contributed by atoms with Gasteiger partial charge in [0.15, 0.2) is 0 Å². The first kappa shape index (κ1) is 7.69. The summed E-state index contributed by atoms with van der Waals surface area (Å²) in [7, 11) is 0. The third-order valence-electron chi connectivity index (χ3n) is 1.77. The number of β-amino-alcohol motifs (C(OH)–C–C–N with tert-alkyl or cyclic N) is 1. The number of aliphatic hydroxyl groups excluding tert-OH is 1. The highest BCUT2D eigenvalue weighted by atomic mass is 16.3. The lowest BCUT2D eigenvalue weighted by Gasteiger charge is -2.27. The maximum atomic E-state index is 9.93. The van der Waals surface area contributed by atoms with Gasteiger partial charge in [-0.25, -0.2) is 0 Å². The smallest absolute Gasteiger partial charge is 0.213 e. The van der Waals surface area contributed by atoms with Gasteiger partial charge in [0.25, 0.3) is 0 Å². The highest BCUT2D eigenvalue weighted by molar-refractivity contribution is 5.53. The topological polar surface area (TPSA) is 40.5 Å². The van der Waals surface area contributed by atoms with Gasteiger partial charge < -0.3 is 5.11 Å². The van der Waals surface area contributed by atoms with Gasteiger partial charge in [0, 0.05) is 6.54 Å². The van der Waals surface area contributed by atoms with E-state index < -0.39 is 0 Å². The molecule has 1 saturated heterocycles. The Bertz CT molecular complexity index is 116. The van der Waals surface area contributed by atoms with Crippen LogP contribution in [0, 0.1) is 0 Å². The summed E-state index contributed by atoms with van der Waals surface area (Å²) in [4.78, 5) is 11.8. The van der Waals surface area contributed by atoms with Crippen molar-refractivity contribution in [1.29, 1.82) is 0 Å². The van der Waals surface area contributed by atoms with Crippen LogP contribution in [-0.4, -0.2) is 42.0 Å². The molecule has 0 spiro atoms. The summed E-state index contributed by atoms with van der Waals surface area (Å²) in [5.41, 5.74) is 0. The van der Waals surface area contributed by atoms with E-state index in [0.717, 1.165) is 19.4 Å². The maximum absolute atomic E-state index is 9.93. The van der Waals surface area contributed by atoms with Gasteiger partial charge in [-0.3, -0.25) is 9.69 Å². The van der Waals surface area contributed by atoms with E-state index in [1.165, 1.54) is 0 Å². The molecule has 0 aromatic heterocycles. The molecule has 0 amide bonds. The second-order valence-electron chi connectivity index (χ2n) is 2.68. The van der Waals surface area contributed by atoms with Crippen LogP contribution >= 0.6 is 0 Å². The summed E-state index contributed by atoms with van der Waals surface area (Å²) in [6.45, 7) is 1.90. The Morgan fingerprint density at radius 1 is 1.70 bits per heavy atom. The van der Waals surface area contributed by atoms with E-state index >= 15 is 0 Å². The van der Waals surface area contributed by atoms with Crippen molar-refractivity contribution < 1.29 is 9.90 Å². The number of aliphatic hydroxyl groups is 1. The molecule has 1 atom stereocenters. The highest BCUT2D eigenvalue weighted by Gasteiger charge is 2.16. The van der Waals surface area contributed by atoms with Crippen molar-refractivity contribution in [3.63, 3.8) is 0 Å². The highest BCUT2D eigenvalue weighted by Crippen LogP contribution is 2.07. The van der Waals surface area contributed by atoms with Gasteiger partial charge in [-0.05, 0) is 19.4 Å². The summed E-state index contributed by atoms with van der Waals surface area (Å²) < 4.78 is 0. The SMILES string of the molecule is O=[C]CN1CCCC(O)C1. The van der Waals surface area contributed by atoms with E-state index in [9.17, 15) is 4.79 Å². The lowest BCUT2D eigenvalue weighted by molar-refractivity contribution is 0.0788. The van der Waals surface area contributed by atoms with Crippen LogP contribution < -0.4 is 0 Å². The molecule has 0 bridgehead atoms. The zero-order chi connectivity index (χ0) is 7.40. The van der Waals surface area contributed by atoms with Crippen LogP contribution in [-0.2, 0) is 4.79 Å². The van der Waals surface area contributed by atoms with Crippen molar-refractivity contribution >= 4 is 6.29 Å². The third kappa shape index (κ3) is 2.08. The maximum Gasteiger partial charge on any atom is 0.213 e. The third-order valence-corrected chi connectivity index (χ3v) is 1.77. The number of hydrogen-bond acceptors (Lipinski definition) is 3. The monoisotopic (exact) mass is 142 g/mol. The van der Waals surface area contributed by atoms with Gasteiger partial charge in [0.1, 0.15) is 0 Å². The lowest BCUT2D eigenvalue weighted by atomic mass is 10.1. The van der Waals surface area contributed by atoms with E-state index in [0.29, 0.717) is 13.1 Å². The van der Waals surface area contributed by atoms with Crippen LogP contribution in [0.15, 0.2) is 0 Å². The van der Waals surface area contributed by atoms with Crippen LogP contribution in [0.25, 0.3) is 0 Å². The van der Waals surface area contributed by atoms with E-state index in [1.807, 2.05) is 11.2 Å². The van der Waals surface area contributed by atoms with Gasteiger partial charge >= 0.3 is 0 Å². The van der Waals surface area contributed by atoms with Crippen molar-refractivity contribution in [2.24, 2.45) is 0 Å². The second-order valence-corrected chi connectivity index (χ2v) is 2.68. The summed E-state index contributed by atoms with van der Waals surface area (Å²) in [5.74, 6) is 0. The summed E-state index contributed by atoms with van der Waals surface area (Å²) in [6, 6.07) is 0. The summed E-state index contributed by atoms with van der Waals surface area (Å²) in [5, 5.41) is 9.13. The van der Waals surface area contributed by atoms with Crippen LogP contribution in [0.3, 0.4) is 0 Å². The summed E-state index contributed by atoms with van der Waals surface area (Å²) in [6.07, 6.45) is 3.45. The molecular weight excluding hydrogens is 130 g/mol. The number of piperidine rings is 1. The standard InChI is InChI=1S/C7H12NO2/c9-5-4-8-3-1-2-7(10)6-8/h7,10H,1-4,6H2. The number of carbonyl (C=O) groups excluding carboxylic acids is 1. The predicted molar refractivity (Wildman–Crippen MR) is 37.4 cm³/mol. The molecule has 3 nitrogen and oxygen atoms in total. The normalized spacial score (nSPS) is 28.3. The lowest BCUT2D eigenvalue weighted by Crippen LogP contribution is -2.39. The molecule has 0 aliphatic carbocycles. The predicted octanol–water partition coefficient (Wildman–Crippen LogP) is -0.447. The van der Waals surface area contributed by atoms with Crippen molar-refractivity contribution in [1.82, 2.24) is 4.90 Å².